The summed E-state index contributed by atoms with van der Waals surface area (Å²) in [7, 11) is 0. The average Bonchev–Trinajstić information content (AvgIpc) is 2.38. The van der Waals surface area contributed by atoms with Crippen LogP contribution in [0.1, 0.15) is 6.92 Å². The van der Waals surface area contributed by atoms with Gasteiger partial charge in [-0.2, -0.15) is 0 Å². The van der Waals surface area contributed by atoms with E-state index in [0.717, 1.165) is 10.3 Å². The van der Waals surface area contributed by atoms with Crippen molar-refractivity contribution in [3.8, 4) is 0 Å². The summed E-state index contributed by atoms with van der Waals surface area (Å²) < 4.78 is 0. The van der Waals surface area contributed by atoms with Crippen molar-refractivity contribution >= 4 is 28.4 Å². The number of benzene rings is 1. The van der Waals surface area contributed by atoms with E-state index in [2.05, 4.69) is 4.98 Å². The Balaban J connectivity index is 2.56. The minimum absolute atomic E-state index is 0.00611. The predicted molar refractivity (Wildman–Crippen MR) is 70.8 cm³/mol. The van der Waals surface area contributed by atoms with Gasteiger partial charge in [-0.15, -0.1) is 11.8 Å². The van der Waals surface area contributed by atoms with E-state index in [1.54, 1.807) is 12.3 Å². The molecule has 6 heteroatoms. The number of thioether (sulfide) groups is 1. The number of rotatable bonds is 4. The lowest BCUT2D eigenvalue weighted by Crippen LogP contribution is -2.02. The van der Waals surface area contributed by atoms with E-state index < -0.39 is 4.92 Å². The lowest BCUT2D eigenvalue weighted by Gasteiger charge is -2.09. The number of aliphatic hydroxyl groups excluding tert-OH is 1. The number of non-ortho nitro benzene ring substituents is 1. The lowest BCUT2D eigenvalue weighted by molar-refractivity contribution is -0.383. The van der Waals surface area contributed by atoms with Crippen molar-refractivity contribution in [3.63, 3.8) is 0 Å². The van der Waals surface area contributed by atoms with Crippen molar-refractivity contribution in [3.05, 3.63) is 40.6 Å². The smallest absolute Gasteiger partial charge is 0.295 e. The first kappa shape index (κ1) is 12.8. The molecule has 1 N–H and O–H groups in total. The first-order chi connectivity index (χ1) is 8.63. The quantitative estimate of drug-likeness (QED) is 0.522. The monoisotopic (exact) mass is 264 g/mol. The van der Waals surface area contributed by atoms with Gasteiger partial charge in [-0.05, 0) is 6.07 Å². The van der Waals surface area contributed by atoms with Gasteiger partial charge in [-0.1, -0.05) is 19.1 Å². The van der Waals surface area contributed by atoms with Gasteiger partial charge in [0.1, 0.15) is 5.52 Å². The van der Waals surface area contributed by atoms with Gasteiger partial charge >= 0.3 is 0 Å². The van der Waals surface area contributed by atoms with Crippen LogP contribution >= 0.6 is 11.8 Å². The number of fused-ring (bicyclic) bond motifs is 1. The molecule has 0 spiro atoms. The fourth-order valence-electron chi connectivity index (χ4n) is 1.64. The Kier molecular flexibility index (Phi) is 3.78. The number of hydrogen-bond acceptors (Lipinski definition) is 5. The number of aliphatic hydroxyl groups is 1. The number of pyridine rings is 1. The highest BCUT2D eigenvalue weighted by atomic mass is 32.2. The number of nitro groups is 1. The molecule has 0 fully saturated rings. The topological polar surface area (TPSA) is 76.3 Å². The number of para-hydroxylation sites is 1. The summed E-state index contributed by atoms with van der Waals surface area (Å²) in [6.07, 6.45) is 1.56. The Hall–Kier alpha value is -1.66. The third kappa shape index (κ3) is 2.44. The van der Waals surface area contributed by atoms with E-state index in [4.69, 9.17) is 5.11 Å². The molecule has 0 saturated carbocycles. The highest BCUT2D eigenvalue weighted by Gasteiger charge is 2.15. The number of aromatic nitrogens is 1. The zero-order valence-corrected chi connectivity index (χ0v) is 10.6. The predicted octanol–water partition coefficient (Wildman–Crippen LogP) is 2.62. The normalized spacial score (nSPS) is 12.6. The SMILES string of the molecule is CC(CO)Sc1ccnc2c([N+](=O)[O-])cccc12. The van der Waals surface area contributed by atoms with Crippen molar-refractivity contribution in [2.75, 3.05) is 6.61 Å². The number of hydrogen-bond donors (Lipinski definition) is 1. The standard InChI is InChI=1S/C12H12N2O3S/c1-8(7-15)18-11-5-6-13-12-9(11)3-2-4-10(12)14(16)17/h2-6,8,15H,7H2,1H3. The average molecular weight is 264 g/mol. The summed E-state index contributed by atoms with van der Waals surface area (Å²) >= 11 is 1.48. The first-order valence-electron chi connectivity index (χ1n) is 5.43. The maximum atomic E-state index is 10.9. The van der Waals surface area contributed by atoms with Crippen LogP contribution in [0, 0.1) is 10.1 Å². The van der Waals surface area contributed by atoms with Gasteiger partial charge in [0.05, 0.1) is 11.5 Å². The molecule has 0 aliphatic heterocycles. The molecule has 0 aliphatic carbocycles. The molecule has 18 heavy (non-hydrogen) atoms. The zero-order valence-electron chi connectivity index (χ0n) is 9.74. The molecule has 2 aromatic rings. The van der Waals surface area contributed by atoms with Gasteiger partial charge in [-0.25, -0.2) is 4.98 Å². The van der Waals surface area contributed by atoms with Gasteiger partial charge in [0, 0.05) is 27.8 Å². The molecule has 1 heterocycles. The van der Waals surface area contributed by atoms with E-state index >= 15 is 0 Å². The molecule has 1 aromatic heterocycles. The zero-order chi connectivity index (χ0) is 13.1. The van der Waals surface area contributed by atoms with E-state index in [9.17, 15) is 10.1 Å². The van der Waals surface area contributed by atoms with Crippen molar-refractivity contribution < 1.29 is 10.0 Å². The minimum atomic E-state index is -0.431. The Morgan fingerprint density at radius 2 is 2.28 bits per heavy atom. The molecule has 0 aliphatic rings. The summed E-state index contributed by atoms with van der Waals surface area (Å²) in [5.74, 6) is 0. The van der Waals surface area contributed by atoms with Gasteiger partial charge in [0.2, 0.25) is 0 Å². The summed E-state index contributed by atoms with van der Waals surface area (Å²) in [5.41, 5.74) is 0.393. The maximum Gasteiger partial charge on any atom is 0.295 e. The molecule has 5 nitrogen and oxygen atoms in total. The van der Waals surface area contributed by atoms with Crippen LogP contribution < -0.4 is 0 Å². The Bertz CT molecular complexity index is 589. The summed E-state index contributed by atoms with van der Waals surface area (Å²) in [5, 5.41) is 20.8. The molecule has 0 radical (unpaired) electrons. The second kappa shape index (κ2) is 5.32. The van der Waals surface area contributed by atoms with Crippen molar-refractivity contribution in [2.24, 2.45) is 0 Å². The molecule has 0 bridgehead atoms. The molecule has 0 saturated heterocycles. The van der Waals surface area contributed by atoms with Crippen molar-refractivity contribution in [1.29, 1.82) is 0 Å². The van der Waals surface area contributed by atoms with Crippen LogP contribution in [0.15, 0.2) is 35.4 Å². The van der Waals surface area contributed by atoms with E-state index in [1.165, 1.54) is 17.8 Å². The Morgan fingerprint density at radius 1 is 1.50 bits per heavy atom. The van der Waals surface area contributed by atoms with E-state index in [1.807, 2.05) is 19.1 Å². The first-order valence-corrected chi connectivity index (χ1v) is 6.31. The lowest BCUT2D eigenvalue weighted by atomic mass is 10.2. The third-order valence-corrected chi connectivity index (χ3v) is 3.65. The van der Waals surface area contributed by atoms with Gasteiger partial charge in [0.15, 0.2) is 0 Å². The second-order valence-corrected chi connectivity index (χ2v) is 5.33. The summed E-state index contributed by atoms with van der Waals surface area (Å²) in [4.78, 5) is 15.5. The van der Waals surface area contributed by atoms with E-state index in [0.29, 0.717) is 5.52 Å². The van der Waals surface area contributed by atoms with Gasteiger partial charge < -0.3 is 5.11 Å². The molecule has 94 valence electrons. The third-order valence-electron chi connectivity index (χ3n) is 2.49. The van der Waals surface area contributed by atoms with Crippen molar-refractivity contribution in [1.82, 2.24) is 4.98 Å². The van der Waals surface area contributed by atoms with Crippen LogP contribution in [0.3, 0.4) is 0 Å². The fraction of sp³-hybridized carbons (Fsp3) is 0.250. The fourth-order valence-corrected chi connectivity index (χ4v) is 2.58. The van der Waals surface area contributed by atoms with Crippen LogP contribution in [-0.2, 0) is 0 Å². The maximum absolute atomic E-state index is 10.9. The molecule has 2 rings (SSSR count). The van der Waals surface area contributed by atoms with Gasteiger partial charge in [-0.3, -0.25) is 10.1 Å². The van der Waals surface area contributed by atoms with Crippen LogP contribution in [0.2, 0.25) is 0 Å². The van der Waals surface area contributed by atoms with Crippen LogP contribution in [0.25, 0.3) is 10.9 Å². The highest BCUT2D eigenvalue weighted by Crippen LogP contribution is 2.33. The van der Waals surface area contributed by atoms with Gasteiger partial charge in [0.25, 0.3) is 5.69 Å². The Morgan fingerprint density at radius 3 is 2.94 bits per heavy atom. The molecule has 1 unspecified atom stereocenters. The molecule has 1 atom stereocenters. The number of nitro benzene ring substituents is 1. The number of nitrogens with zero attached hydrogens (tertiary/aromatic N) is 2. The highest BCUT2D eigenvalue weighted by molar-refractivity contribution is 8.00. The minimum Gasteiger partial charge on any atom is -0.395 e. The molecular weight excluding hydrogens is 252 g/mol. The van der Waals surface area contributed by atoms with Crippen LogP contribution in [0.5, 0.6) is 0 Å². The molecule has 1 aromatic carbocycles. The molecule has 0 amide bonds. The van der Waals surface area contributed by atoms with Crippen molar-refractivity contribution in [2.45, 2.75) is 17.1 Å². The van der Waals surface area contributed by atoms with Crippen LogP contribution in [0.4, 0.5) is 5.69 Å². The Labute approximate surface area is 108 Å². The summed E-state index contributed by atoms with van der Waals surface area (Å²) in [6, 6.07) is 6.71. The second-order valence-electron chi connectivity index (χ2n) is 3.85. The largest absolute Gasteiger partial charge is 0.395 e. The summed E-state index contributed by atoms with van der Waals surface area (Å²) in [6.45, 7) is 1.96. The van der Waals surface area contributed by atoms with Crippen LogP contribution in [-0.4, -0.2) is 26.9 Å². The van der Waals surface area contributed by atoms with E-state index in [-0.39, 0.29) is 17.5 Å². The molecular formula is C12H12N2O3S.